The first-order chi connectivity index (χ1) is 8.11. The second-order valence-corrected chi connectivity index (χ2v) is 3.56. The summed E-state index contributed by atoms with van der Waals surface area (Å²) in [6.45, 7) is 3.88. The van der Waals surface area contributed by atoms with Crippen molar-refractivity contribution in [1.82, 2.24) is 20.2 Å². The van der Waals surface area contributed by atoms with Gasteiger partial charge in [-0.3, -0.25) is 0 Å². The largest absolute Gasteiger partial charge is 0.465 e. The summed E-state index contributed by atoms with van der Waals surface area (Å²) in [7, 11) is 1.33. The molecule has 0 amide bonds. The van der Waals surface area contributed by atoms with Crippen molar-refractivity contribution in [3.8, 4) is 0 Å². The Morgan fingerprint density at radius 2 is 2.29 bits per heavy atom. The lowest BCUT2D eigenvalue weighted by Gasteiger charge is -1.96. The predicted octanol–water partition coefficient (Wildman–Crippen LogP) is 0.718. The van der Waals surface area contributed by atoms with E-state index >= 15 is 0 Å². The summed E-state index contributed by atoms with van der Waals surface area (Å²) < 4.78 is 11.7. The van der Waals surface area contributed by atoms with Gasteiger partial charge in [-0.1, -0.05) is 0 Å². The summed E-state index contributed by atoms with van der Waals surface area (Å²) in [5.74, 6) is 1.40. The molecule has 2 aromatic heterocycles. The highest BCUT2D eigenvalue weighted by atomic mass is 16.5. The molecular formula is C10H12N4O3. The Bertz CT molecular complexity index is 543. The number of furan rings is 1. The number of rotatable bonds is 3. The molecule has 90 valence electrons. The molecule has 0 aliphatic carbocycles. The molecule has 0 saturated heterocycles. The number of esters is 1. The highest BCUT2D eigenvalue weighted by Gasteiger charge is 2.16. The molecule has 0 N–H and O–H groups in total. The zero-order valence-corrected chi connectivity index (χ0v) is 9.80. The first-order valence-electron chi connectivity index (χ1n) is 5.02. The molecule has 0 saturated carbocycles. The fourth-order valence-electron chi connectivity index (χ4n) is 1.48. The van der Waals surface area contributed by atoms with Crippen molar-refractivity contribution in [2.45, 2.75) is 20.4 Å². The Kier molecular flexibility index (Phi) is 2.90. The Morgan fingerprint density at radius 3 is 2.88 bits per heavy atom. The van der Waals surface area contributed by atoms with Crippen molar-refractivity contribution in [2.75, 3.05) is 7.11 Å². The van der Waals surface area contributed by atoms with Gasteiger partial charge in [0.15, 0.2) is 0 Å². The SMILES string of the molecule is COC(=O)c1cc(Cn2nnnc2C)oc1C. The van der Waals surface area contributed by atoms with Crippen molar-refractivity contribution in [3.05, 3.63) is 29.0 Å². The van der Waals surface area contributed by atoms with Gasteiger partial charge in [-0.2, -0.15) is 0 Å². The molecule has 0 fully saturated rings. The van der Waals surface area contributed by atoms with Crippen molar-refractivity contribution in [3.63, 3.8) is 0 Å². The number of carbonyl (C=O) groups is 1. The lowest BCUT2D eigenvalue weighted by Crippen LogP contribution is -2.03. The molecule has 17 heavy (non-hydrogen) atoms. The summed E-state index contributed by atoms with van der Waals surface area (Å²) in [5.41, 5.74) is 0.424. The van der Waals surface area contributed by atoms with Crippen LogP contribution in [0.4, 0.5) is 0 Å². The van der Waals surface area contributed by atoms with E-state index < -0.39 is 5.97 Å². The van der Waals surface area contributed by atoms with Gasteiger partial charge in [0.1, 0.15) is 29.5 Å². The minimum Gasteiger partial charge on any atom is -0.465 e. The third kappa shape index (κ3) is 2.17. The van der Waals surface area contributed by atoms with Gasteiger partial charge in [0.05, 0.1) is 7.11 Å². The van der Waals surface area contributed by atoms with E-state index in [1.165, 1.54) is 7.11 Å². The maximum Gasteiger partial charge on any atom is 0.341 e. The van der Waals surface area contributed by atoms with Gasteiger partial charge in [-0.25, -0.2) is 9.48 Å². The summed E-state index contributed by atoms with van der Waals surface area (Å²) in [5, 5.41) is 11.1. The summed E-state index contributed by atoms with van der Waals surface area (Å²) in [4.78, 5) is 11.4. The second-order valence-electron chi connectivity index (χ2n) is 3.56. The van der Waals surface area contributed by atoms with Crippen LogP contribution in [0.5, 0.6) is 0 Å². The molecule has 0 aliphatic rings. The number of hydrogen-bond donors (Lipinski definition) is 0. The number of carbonyl (C=O) groups excluding carboxylic acids is 1. The Morgan fingerprint density at radius 1 is 1.53 bits per heavy atom. The minimum atomic E-state index is -0.411. The van der Waals surface area contributed by atoms with Gasteiger partial charge in [-0.05, 0) is 30.3 Å². The Hall–Kier alpha value is -2.18. The molecular weight excluding hydrogens is 224 g/mol. The number of methoxy groups -OCH3 is 1. The average molecular weight is 236 g/mol. The van der Waals surface area contributed by atoms with Crippen LogP contribution in [-0.2, 0) is 11.3 Å². The zero-order chi connectivity index (χ0) is 12.4. The number of tetrazole rings is 1. The monoisotopic (exact) mass is 236 g/mol. The molecule has 0 aliphatic heterocycles. The fourth-order valence-corrected chi connectivity index (χ4v) is 1.48. The van der Waals surface area contributed by atoms with Gasteiger partial charge in [0.25, 0.3) is 0 Å². The molecule has 7 heteroatoms. The highest BCUT2D eigenvalue weighted by Crippen LogP contribution is 2.16. The predicted molar refractivity (Wildman–Crippen MR) is 56.4 cm³/mol. The average Bonchev–Trinajstić information content (AvgIpc) is 2.86. The van der Waals surface area contributed by atoms with E-state index in [1.807, 2.05) is 0 Å². The van der Waals surface area contributed by atoms with Crippen LogP contribution in [0.1, 0.15) is 27.7 Å². The van der Waals surface area contributed by atoms with Gasteiger partial charge >= 0.3 is 5.97 Å². The molecule has 0 radical (unpaired) electrons. The van der Waals surface area contributed by atoms with Gasteiger partial charge < -0.3 is 9.15 Å². The van der Waals surface area contributed by atoms with Crippen LogP contribution in [0.3, 0.4) is 0 Å². The van der Waals surface area contributed by atoms with E-state index in [1.54, 1.807) is 24.6 Å². The van der Waals surface area contributed by atoms with Gasteiger partial charge in [0.2, 0.25) is 0 Å². The minimum absolute atomic E-state index is 0.386. The summed E-state index contributed by atoms with van der Waals surface area (Å²) in [6.07, 6.45) is 0. The quantitative estimate of drug-likeness (QED) is 0.730. The number of hydrogen-bond acceptors (Lipinski definition) is 6. The molecule has 0 atom stereocenters. The second kappa shape index (κ2) is 4.36. The van der Waals surface area contributed by atoms with Crippen LogP contribution >= 0.6 is 0 Å². The molecule has 0 spiro atoms. The van der Waals surface area contributed by atoms with E-state index in [0.717, 1.165) is 0 Å². The molecule has 2 heterocycles. The summed E-state index contributed by atoms with van der Waals surface area (Å²) in [6, 6.07) is 1.64. The smallest absolute Gasteiger partial charge is 0.341 e. The highest BCUT2D eigenvalue weighted by molar-refractivity contribution is 5.90. The van der Waals surface area contributed by atoms with E-state index in [-0.39, 0.29) is 0 Å². The topological polar surface area (TPSA) is 83.0 Å². The van der Waals surface area contributed by atoms with Crippen LogP contribution in [0.15, 0.2) is 10.5 Å². The van der Waals surface area contributed by atoms with Crippen LogP contribution in [0.2, 0.25) is 0 Å². The van der Waals surface area contributed by atoms with Crippen molar-refractivity contribution in [2.24, 2.45) is 0 Å². The first kappa shape index (κ1) is 11.3. The third-order valence-electron chi connectivity index (χ3n) is 2.39. The van der Waals surface area contributed by atoms with Gasteiger partial charge in [0, 0.05) is 0 Å². The maximum absolute atomic E-state index is 11.4. The Balaban J connectivity index is 2.24. The number of ether oxygens (including phenoxy) is 1. The van der Waals surface area contributed by atoms with Crippen LogP contribution in [-0.4, -0.2) is 33.3 Å². The van der Waals surface area contributed by atoms with Gasteiger partial charge in [-0.15, -0.1) is 5.10 Å². The molecule has 0 aromatic carbocycles. The fraction of sp³-hybridized carbons (Fsp3) is 0.400. The number of aromatic nitrogens is 4. The standard InChI is InChI=1S/C10H12N4O3/c1-6-9(10(15)16-3)4-8(17-6)5-14-7(2)11-12-13-14/h4H,5H2,1-3H3. The zero-order valence-electron chi connectivity index (χ0n) is 9.80. The third-order valence-corrected chi connectivity index (χ3v) is 2.39. The number of nitrogens with zero attached hydrogens (tertiary/aromatic N) is 4. The van der Waals surface area contributed by atoms with Crippen molar-refractivity contribution in [1.29, 1.82) is 0 Å². The lowest BCUT2D eigenvalue weighted by atomic mass is 10.2. The van der Waals surface area contributed by atoms with E-state index in [9.17, 15) is 4.79 Å². The van der Waals surface area contributed by atoms with E-state index in [0.29, 0.717) is 29.5 Å². The van der Waals surface area contributed by atoms with Crippen molar-refractivity contribution < 1.29 is 13.9 Å². The van der Waals surface area contributed by atoms with Crippen LogP contribution in [0.25, 0.3) is 0 Å². The normalized spacial score (nSPS) is 10.5. The maximum atomic E-state index is 11.4. The lowest BCUT2D eigenvalue weighted by molar-refractivity contribution is 0.0599. The molecule has 7 nitrogen and oxygen atoms in total. The molecule has 2 aromatic rings. The van der Waals surface area contributed by atoms with Crippen LogP contribution in [0, 0.1) is 13.8 Å². The van der Waals surface area contributed by atoms with Crippen LogP contribution < -0.4 is 0 Å². The van der Waals surface area contributed by atoms with Crippen molar-refractivity contribution >= 4 is 5.97 Å². The Labute approximate surface area is 97.4 Å². The summed E-state index contributed by atoms with van der Waals surface area (Å²) >= 11 is 0. The van der Waals surface area contributed by atoms with E-state index in [2.05, 4.69) is 20.3 Å². The van der Waals surface area contributed by atoms with E-state index in [4.69, 9.17) is 4.42 Å². The molecule has 2 rings (SSSR count). The molecule has 0 bridgehead atoms. The molecule has 0 unspecified atom stereocenters. The first-order valence-corrected chi connectivity index (χ1v) is 5.02. The number of aryl methyl sites for hydroxylation is 2.